The third-order valence-electron chi connectivity index (χ3n) is 8.58. The lowest BCUT2D eigenvalue weighted by molar-refractivity contribution is 0.897. The summed E-state index contributed by atoms with van der Waals surface area (Å²) < 4.78 is 2.32. The molecule has 2 aliphatic carbocycles. The smallest absolute Gasteiger partial charge is 0.238 e. The third-order valence-corrected chi connectivity index (χ3v) is 9.76. The number of hydrogen-bond donors (Lipinski definition) is 0. The number of nitrogens with zero attached hydrogens (tertiary/aromatic N) is 4. The van der Waals surface area contributed by atoms with Crippen molar-refractivity contribution in [1.82, 2.24) is 19.5 Å². The highest BCUT2D eigenvalue weighted by molar-refractivity contribution is 7.99. The third kappa shape index (κ3) is 4.26. The monoisotopic (exact) mass is 588 g/mol. The Labute approximate surface area is 262 Å². The van der Waals surface area contributed by atoms with E-state index in [4.69, 9.17) is 15.0 Å². The van der Waals surface area contributed by atoms with E-state index in [0.29, 0.717) is 17.6 Å². The predicted molar refractivity (Wildman–Crippen MR) is 182 cm³/mol. The van der Waals surface area contributed by atoms with Gasteiger partial charge in [0.05, 0.1) is 11.2 Å². The minimum Gasteiger partial charge on any atom is -0.277 e. The summed E-state index contributed by atoms with van der Waals surface area (Å²) in [6, 6.07) is 31.8. The highest BCUT2D eigenvalue weighted by Crippen LogP contribution is 2.53. The topological polar surface area (TPSA) is 43.6 Å². The Hall–Kier alpha value is -4.74. The lowest BCUT2D eigenvalue weighted by Gasteiger charge is -2.28. The molecule has 3 heterocycles. The van der Waals surface area contributed by atoms with Gasteiger partial charge in [0.25, 0.3) is 0 Å². The Kier molecular flexibility index (Phi) is 6.76. The van der Waals surface area contributed by atoms with Gasteiger partial charge in [0, 0.05) is 31.9 Å². The Morgan fingerprint density at radius 1 is 0.727 bits per heavy atom. The molecule has 214 valence electrons. The van der Waals surface area contributed by atoms with Gasteiger partial charge in [-0.05, 0) is 66.2 Å². The maximum atomic E-state index is 5.18. The molecule has 1 aliphatic heterocycles. The summed E-state index contributed by atoms with van der Waals surface area (Å²) in [5.74, 6) is 2.03. The molecule has 9 rings (SSSR count). The molecule has 0 radical (unpaired) electrons. The standard InChI is InChI=1S/C37H26N4S.C2H6/c1-3-12-23(13-4-1)35-38-36(24-14-5-2-6-15-24)40-37(39-35)41-30-20-9-7-17-26(30)29-22-25-16-11-19-28-27-18-8-10-21-31(27)42-34(32(25)28)33(29)41;1-2/h1-6,8-10,12-15,18-22H,7,11,16-17H2;1-2H3. The first-order valence-electron chi connectivity index (χ1n) is 15.6. The molecule has 0 amide bonds. The van der Waals surface area contributed by atoms with Gasteiger partial charge in [0.2, 0.25) is 5.95 Å². The molecule has 5 heteroatoms. The first-order chi connectivity index (χ1) is 21.8. The molecule has 3 aliphatic rings. The van der Waals surface area contributed by atoms with Crippen LogP contribution in [0.25, 0.3) is 51.3 Å². The fraction of sp³-hybridized carbons (Fsp3) is 0.154. The SMILES string of the molecule is C1=Cc2c(c3cc4c5c(c3n2-c2nc(-c3ccccc3)nc(-c3ccccc3)n2)Sc2ccccc2C5=CCC4)CC1.CC. The van der Waals surface area contributed by atoms with Crippen LogP contribution in [0.4, 0.5) is 0 Å². The molecular formula is C39H32N4S. The van der Waals surface area contributed by atoms with Crippen molar-refractivity contribution >= 4 is 34.3 Å². The first-order valence-corrected chi connectivity index (χ1v) is 16.4. The van der Waals surface area contributed by atoms with Crippen molar-refractivity contribution in [2.75, 3.05) is 0 Å². The molecule has 2 aromatic heterocycles. The molecule has 0 atom stereocenters. The zero-order valence-electron chi connectivity index (χ0n) is 24.9. The van der Waals surface area contributed by atoms with E-state index in [9.17, 15) is 0 Å². The zero-order chi connectivity index (χ0) is 29.6. The molecule has 0 fully saturated rings. The highest BCUT2D eigenvalue weighted by Gasteiger charge is 2.32. The second kappa shape index (κ2) is 11.1. The lowest BCUT2D eigenvalue weighted by Crippen LogP contribution is -2.11. The van der Waals surface area contributed by atoms with Crippen LogP contribution in [-0.2, 0) is 12.8 Å². The molecule has 0 saturated carbocycles. The van der Waals surface area contributed by atoms with Crippen molar-refractivity contribution < 1.29 is 0 Å². The molecule has 44 heavy (non-hydrogen) atoms. The van der Waals surface area contributed by atoms with Gasteiger partial charge >= 0.3 is 0 Å². The lowest BCUT2D eigenvalue weighted by atomic mass is 9.85. The van der Waals surface area contributed by atoms with Gasteiger partial charge in [0.1, 0.15) is 0 Å². The van der Waals surface area contributed by atoms with E-state index in [-0.39, 0.29) is 0 Å². The van der Waals surface area contributed by atoms with Crippen molar-refractivity contribution in [2.45, 2.75) is 49.3 Å². The maximum absolute atomic E-state index is 5.18. The van der Waals surface area contributed by atoms with E-state index < -0.39 is 0 Å². The van der Waals surface area contributed by atoms with Crippen LogP contribution in [0.1, 0.15) is 54.6 Å². The summed E-state index contributed by atoms with van der Waals surface area (Å²) >= 11 is 1.90. The largest absolute Gasteiger partial charge is 0.277 e. The van der Waals surface area contributed by atoms with Crippen LogP contribution in [0.15, 0.2) is 113 Å². The van der Waals surface area contributed by atoms with E-state index in [1.165, 1.54) is 54.2 Å². The molecule has 0 spiro atoms. The van der Waals surface area contributed by atoms with Gasteiger partial charge in [-0.25, -0.2) is 4.98 Å². The van der Waals surface area contributed by atoms with Gasteiger partial charge in [-0.3, -0.25) is 4.57 Å². The van der Waals surface area contributed by atoms with Crippen LogP contribution in [0.3, 0.4) is 0 Å². The Morgan fingerprint density at radius 3 is 2.14 bits per heavy atom. The minimum absolute atomic E-state index is 0.664. The Bertz CT molecular complexity index is 2050. The first kappa shape index (κ1) is 26.9. The highest BCUT2D eigenvalue weighted by atomic mass is 32.2. The fourth-order valence-electron chi connectivity index (χ4n) is 6.71. The number of hydrogen-bond acceptors (Lipinski definition) is 4. The van der Waals surface area contributed by atoms with Crippen LogP contribution in [-0.4, -0.2) is 19.5 Å². The summed E-state index contributed by atoms with van der Waals surface area (Å²) in [6.45, 7) is 4.00. The number of fused-ring (bicyclic) bond motifs is 6. The number of aryl methyl sites for hydroxylation is 2. The molecular weight excluding hydrogens is 557 g/mol. The average Bonchev–Trinajstić information content (AvgIpc) is 3.44. The maximum Gasteiger partial charge on any atom is 0.238 e. The van der Waals surface area contributed by atoms with Crippen molar-refractivity contribution in [1.29, 1.82) is 0 Å². The number of aromatic nitrogens is 4. The van der Waals surface area contributed by atoms with Gasteiger partial charge in [-0.15, -0.1) is 0 Å². The quantitative estimate of drug-likeness (QED) is 0.206. The second-order valence-electron chi connectivity index (χ2n) is 11.0. The predicted octanol–water partition coefficient (Wildman–Crippen LogP) is 9.98. The van der Waals surface area contributed by atoms with E-state index >= 15 is 0 Å². The number of rotatable bonds is 3. The number of allylic oxidation sites excluding steroid dienone is 2. The number of benzene rings is 4. The summed E-state index contributed by atoms with van der Waals surface area (Å²) in [6.07, 6.45) is 11.2. The Morgan fingerprint density at radius 2 is 1.41 bits per heavy atom. The molecule has 0 saturated heterocycles. The van der Waals surface area contributed by atoms with Gasteiger partial charge < -0.3 is 0 Å². The van der Waals surface area contributed by atoms with Crippen molar-refractivity contribution in [3.05, 3.63) is 131 Å². The van der Waals surface area contributed by atoms with Crippen LogP contribution < -0.4 is 0 Å². The molecule has 4 aromatic carbocycles. The molecule has 0 unspecified atom stereocenters. The molecule has 0 bridgehead atoms. The van der Waals surface area contributed by atoms with Crippen LogP contribution in [0, 0.1) is 0 Å². The summed E-state index contributed by atoms with van der Waals surface area (Å²) in [5.41, 5.74) is 11.3. The zero-order valence-corrected chi connectivity index (χ0v) is 25.7. The van der Waals surface area contributed by atoms with E-state index in [1.54, 1.807) is 0 Å². The second-order valence-corrected chi connectivity index (χ2v) is 12.1. The fourth-order valence-corrected chi connectivity index (χ4v) is 8.01. The summed E-state index contributed by atoms with van der Waals surface area (Å²) in [5, 5.41) is 1.33. The van der Waals surface area contributed by atoms with Crippen LogP contribution >= 0.6 is 11.8 Å². The van der Waals surface area contributed by atoms with Crippen LogP contribution in [0.5, 0.6) is 0 Å². The minimum atomic E-state index is 0.664. The normalized spacial score (nSPS) is 14.2. The van der Waals surface area contributed by atoms with Gasteiger partial charge in [-0.2, -0.15) is 9.97 Å². The van der Waals surface area contributed by atoms with Crippen molar-refractivity contribution in [3.63, 3.8) is 0 Å². The summed E-state index contributed by atoms with van der Waals surface area (Å²) in [7, 11) is 0. The molecule has 6 aromatic rings. The van der Waals surface area contributed by atoms with Crippen LogP contribution in [0.2, 0.25) is 0 Å². The average molecular weight is 589 g/mol. The molecule has 0 N–H and O–H groups in total. The van der Waals surface area contributed by atoms with E-state index in [0.717, 1.165) is 36.8 Å². The van der Waals surface area contributed by atoms with E-state index in [2.05, 4.69) is 77.4 Å². The van der Waals surface area contributed by atoms with Gasteiger partial charge in [0.15, 0.2) is 11.6 Å². The summed E-state index contributed by atoms with van der Waals surface area (Å²) in [4.78, 5) is 18.0. The van der Waals surface area contributed by atoms with Gasteiger partial charge in [-0.1, -0.05) is 117 Å². The van der Waals surface area contributed by atoms with E-state index in [1.807, 2.05) is 62.0 Å². The van der Waals surface area contributed by atoms with Crippen molar-refractivity contribution in [3.8, 4) is 28.7 Å². The molecule has 4 nitrogen and oxygen atoms in total. The van der Waals surface area contributed by atoms with Crippen molar-refractivity contribution in [2.24, 2.45) is 0 Å². The Balaban J connectivity index is 0.00000142.